The highest BCUT2D eigenvalue weighted by Gasteiger charge is 2.25. The van der Waals surface area contributed by atoms with Crippen LogP contribution in [0.5, 0.6) is 17.4 Å². The Morgan fingerprint density at radius 3 is 2.58 bits per heavy atom. The van der Waals surface area contributed by atoms with Crippen molar-refractivity contribution in [3.63, 3.8) is 0 Å². The van der Waals surface area contributed by atoms with Crippen LogP contribution in [0.1, 0.15) is 18.2 Å². The molecule has 0 amide bonds. The molecule has 1 aromatic heterocycles. The lowest BCUT2D eigenvalue weighted by molar-refractivity contribution is 0.341. The fourth-order valence-corrected chi connectivity index (χ4v) is 1.98. The molecule has 0 saturated carbocycles. The molecule has 0 aliphatic carbocycles. The first-order chi connectivity index (χ1) is 9.38. The molecule has 0 bridgehead atoms. The van der Waals surface area contributed by atoms with Gasteiger partial charge in [-0.25, -0.2) is 4.98 Å². The second-order valence-corrected chi connectivity index (χ2v) is 4.30. The molecule has 5 nitrogen and oxygen atoms in total. The maximum Gasteiger partial charge on any atom is 0.242 e. The van der Waals surface area contributed by atoms with Crippen molar-refractivity contribution in [2.75, 3.05) is 13.7 Å². The van der Waals surface area contributed by atoms with E-state index in [0.717, 1.165) is 18.7 Å². The van der Waals surface area contributed by atoms with Gasteiger partial charge in [0.25, 0.3) is 0 Å². The molecule has 19 heavy (non-hydrogen) atoms. The van der Waals surface area contributed by atoms with E-state index in [2.05, 4.69) is 15.3 Å². The fourth-order valence-electron chi connectivity index (χ4n) is 1.98. The minimum atomic E-state index is 0.235. The highest BCUT2D eigenvalue weighted by atomic mass is 16.5. The van der Waals surface area contributed by atoms with E-state index in [9.17, 15) is 0 Å². The normalized spacial score (nSPS) is 17.6. The summed E-state index contributed by atoms with van der Waals surface area (Å²) in [6.45, 7) is 1.01. The van der Waals surface area contributed by atoms with Crippen LogP contribution in [-0.4, -0.2) is 23.6 Å². The first-order valence-corrected chi connectivity index (χ1v) is 6.23. The van der Waals surface area contributed by atoms with Crippen molar-refractivity contribution in [1.82, 2.24) is 15.3 Å². The summed E-state index contributed by atoms with van der Waals surface area (Å²) in [6, 6.07) is 7.74. The third-order valence-corrected chi connectivity index (χ3v) is 3.12. The summed E-state index contributed by atoms with van der Waals surface area (Å²) < 4.78 is 11.1. The van der Waals surface area contributed by atoms with Gasteiger partial charge in [-0.05, 0) is 25.1 Å². The molecule has 0 spiro atoms. The molecule has 2 aromatic rings. The lowest BCUT2D eigenvalue weighted by Gasteiger charge is -2.27. The number of benzene rings is 1. The van der Waals surface area contributed by atoms with Crippen LogP contribution in [0.2, 0.25) is 0 Å². The number of nitrogens with one attached hydrogen (secondary N) is 1. The molecular formula is C14H15N3O2. The SMILES string of the molecule is COc1ccccc1Oc1nccnc1C1CCN1. The Labute approximate surface area is 111 Å². The topological polar surface area (TPSA) is 56.3 Å². The first-order valence-electron chi connectivity index (χ1n) is 6.23. The average Bonchev–Trinajstić information content (AvgIpc) is 2.40. The van der Waals surface area contributed by atoms with Crippen molar-refractivity contribution in [1.29, 1.82) is 0 Å². The zero-order valence-electron chi connectivity index (χ0n) is 10.7. The van der Waals surface area contributed by atoms with Crippen molar-refractivity contribution in [3.05, 3.63) is 42.4 Å². The van der Waals surface area contributed by atoms with E-state index in [-0.39, 0.29) is 6.04 Å². The summed E-state index contributed by atoms with van der Waals surface area (Å²) in [7, 11) is 1.62. The summed E-state index contributed by atoms with van der Waals surface area (Å²) >= 11 is 0. The summed E-state index contributed by atoms with van der Waals surface area (Å²) in [6.07, 6.45) is 4.37. The molecule has 1 aliphatic rings. The lowest BCUT2D eigenvalue weighted by Crippen LogP contribution is -2.35. The van der Waals surface area contributed by atoms with Crippen molar-refractivity contribution >= 4 is 0 Å². The van der Waals surface area contributed by atoms with E-state index in [4.69, 9.17) is 9.47 Å². The Kier molecular flexibility index (Phi) is 3.29. The zero-order chi connectivity index (χ0) is 13.1. The van der Waals surface area contributed by atoms with Gasteiger partial charge in [-0.15, -0.1) is 0 Å². The molecule has 0 radical (unpaired) electrons. The Balaban J connectivity index is 1.90. The van der Waals surface area contributed by atoms with Gasteiger partial charge in [-0.2, -0.15) is 0 Å². The average molecular weight is 257 g/mol. The molecule has 1 N–H and O–H groups in total. The summed E-state index contributed by atoms with van der Waals surface area (Å²) in [5, 5.41) is 3.30. The van der Waals surface area contributed by atoms with Crippen LogP contribution in [0.25, 0.3) is 0 Å². The molecule has 1 saturated heterocycles. The standard InChI is InChI=1S/C14H15N3O2/c1-18-11-4-2-3-5-12(11)19-14-13(10-6-7-15-10)16-8-9-17-14/h2-5,8-10,15H,6-7H2,1H3. The van der Waals surface area contributed by atoms with E-state index < -0.39 is 0 Å². The van der Waals surface area contributed by atoms with Gasteiger partial charge in [0.15, 0.2) is 11.5 Å². The molecule has 3 rings (SSSR count). The van der Waals surface area contributed by atoms with Gasteiger partial charge in [-0.1, -0.05) is 12.1 Å². The predicted octanol–water partition coefficient (Wildman–Crippen LogP) is 2.31. The molecule has 1 aliphatic heterocycles. The van der Waals surface area contributed by atoms with Gasteiger partial charge >= 0.3 is 0 Å². The van der Waals surface area contributed by atoms with E-state index in [0.29, 0.717) is 17.4 Å². The molecular weight excluding hydrogens is 242 g/mol. The Bertz CT molecular complexity index is 570. The number of rotatable bonds is 4. The van der Waals surface area contributed by atoms with Crippen LogP contribution >= 0.6 is 0 Å². The van der Waals surface area contributed by atoms with E-state index in [1.807, 2.05) is 24.3 Å². The molecule has 98 valence electrons. The van der Waals surface area contributed by atoms with Crippen LogP contribution in [-0.2, 0) is 0 Å². The van der Waals surface area contributed by atoms with Gasteiger partial charge in [0, 0.05) is 12.4 Å². The first kappa shape index (κ1) is 11.9. The molecule has 2 heterocycles. The molecule has 5 heteroatoms. The number of hydrogen-bond donors (Lipinski definition) is 1. The lowest BCUT2D eigenvalue weighted by atomic mass is 10.0. The van der Waals surface area contributed by atoms with E-state index >= 15 is 0 Å². The number of aromatic nitrogens is 2. The Morgan fingerprint density at radius 1 is 1.16 bits per heavy atom. The van der Waals surface area contributed by atoms with Gasteiger partial charge in [0.1, 0.15) is 5.69 Å². The molecule has 1 unspecified atom stereocenters. The van der Waals surface area contributed by atoms with Crippen molar-refractivity contribution < 1.29 is 9.47 Å². The number of methoxy groups -OCH3 is 1. The van der Waals surface area contributed by atoms with Gasteiger partial charge in [-0.3, -0.25) is 4.98 Å². The number of hydrogen-bond acceptors (Lipinski definition) is 5. The van der Waals surface area contributed by atoms with E-state index in [1.54, 1.807) is 19.5 Å². The minimum Gasteiger partial charge on any atom is -0.493 e. The van der Waals surface area contributed by atoms with Gasteiger partial charge in [0.05, 0.1) is 13.2 Å². The second-order valence-electron chi connectivity index (χ2n) is 4.30. The maximum absolute atomic E-state index is 5.85. The molecule has 1 fully saturated rings. The van der Waals surface area contributed by atoms with Crippen molar-refractivity contribution in [2.24, 2.45) is 0 Å². The number of para-hydroxylation sites is 2. The maximum atomic E-state index is 5.85. The van der Waals surface area contributed by atoms with Crippen molar-refractivity contribution in [3.8, 4) is 17.4 Å². The number of nitrogens with zero attached hydrogens (tertiary/aromatic N) is 2. The third-order valence-electron chi connectivity index (χ3n) is 3.12. The molecule has 1 atom stereocenters. The van der Waals surface area contributed by atoms with Crippen LogP contribution in [0, 0.1) is 0 Å². The predicted molar refractivity (Wildman–Crippen MR) is 70.5 cm³/mol. The highest BCUT2D eigenvalue weighted by molar-refractivity contribution is 5.42. The third kappa shape index (κ3) is 2.37. The minimum absolute atomic E-state index is 0.235. The quantitative estimate of drug-likeness (QED) is 0.910. The largest absolute Gasteiger partial charge is 0.493 e. The highest BCUT2D eigenvalue weighted by Crippen LogP contribution is 2.34. The molecule has 1 aromatic carbocycles. The summed E-state index contributed by atoms with van der Waals surface area (Å²) in [5.41, 5.74) is 0.847. The monoisotopic (exact) mass is 257 g/mol. The van der Waals surface area contributed by atoms with Gasteiger partial charge < -0.3 is 14.8 Å². The van der Waals surface area contributed by atoms with Crippen molar-refractivity contribution in [2.45, 2.75) is 12.5 Å². The Hall–Kier alpha value is -2.14. The summed E-state index contributed by atoms with van der Waals surface area (Å²) in [4.78, 5) is 8.63. The van der Waals surface area contributed by atoms with Crippen LogP contribution in [0.3, 0.4) is 0 Å². The number of ether oxygens (including phenoxy) is 2. The van der Waals surface area contributed by atoms with Crippen LogP contribution in [0.15, 0.2) is 36.7 Å². The van der Waals surface area contributed by atoms with Gasteiger partial charge in [0.2, 0.25) is 5.88 Å². The van der Waals surface area contributed by atoms with E-state index in [1.165, 1.54) is 0 Å². The smallest absolute Gasteiger partial charge is 0.242 e. The van der Waals surface area contributed by atoms with Crippen LogP contribution in [0.4, 0.5) is 0 Å². The Morgan fingerprint density at radius 2 is 1.89 bits per heavy atom. The van der Waals surface area contributed by atoms with Crippen LogP contribution < -0.4 is 14.8 Å². The fraction of sp³-hybridized carbons (Fsp3) is 0.286. The second kappa shape index (κ2) is 5.24. The summed E-state index contributed by atoms with van der Waals surface area (Å²) in [5.74, 6) is 1.86. The zero-order valence-corrected chi connectivity index (χ0v) is 10.7.